The summed E-state index contributed by atoms with van der Waals surface area (Å²) in [7, 11) is 0. The molecule has 0 unspecified atom stereocenters. The zero-order valence-corrected chi connectivity index (χ0v) is 11.7. The zero-order chi connectivity index (χ0) is 13.8. The molecule has 0 radical (unpaired) electrons. The van der Waals surface area contributed by atoms with Crippen LogP contribution in [0.4, 0.5) is 5.69 Å². The molecule has 1 aromatic rings. The summed E-state index contributed by atoms with van der Waals surface area (Å²) < 4.78 is 5.65. The number of carbonyl (C=O) groups is 1. The van der Waals surface area contributed by atoms with E-state index in [-0.39, 0.29) is 0 Å². The minimum atomic E-state index is 0.600. The molecule has 0 atom stereocenters. The van der Waals surface area contributed by atoms with Crippen LogP contribution in [0.1, 0.15) is 45.4 Å². The Balaban J connectivity index is 2.10. The number of ether oxygens (including phenoxy) is 1. The normalized spacial score (nSPS) is 9.95. The SMILES string of the molecule is CCCCCCCCOc1ccc(NNC=O)cc1. The first-order chi connectivity index (χ1) is 9.36. The van der Waals surface area contributed by atoms with Crippen LogP contribution < -0.4 is 15.6 Å². The molecular weight excluding hydrogens is 240 g/mol. The van der Waals surface area contributed by atoms with Crippen molar-refractivity contribution in [1.29, 1.82) is 0 Å². The first kappa shape index (κ1) is 15.3. The number of benzene rings is 1. The number of amides is 1. The summed E-state index contributed by atoms with van der Waals surface area (Å²) in [5.41, 5.74) is 5.97. The Morgan fingerprint density at radius 2 is 1.74 bits per heavy atom. The maximum Gasteiger partial charge on any atom is 0.225 e. The van der Waals surface area contributed by atoms with Crippen LogP contribution in [0.15, 0.2) is 24.3 Å². The van der Waals surface area contributed by atoms with E-state index in [1.54, 1.807) is 0 Å². The molecule has 0 aromatic heterocycles. The maximum absolute atomic E-state index is 10.1. The number of rotatable bonds is 11. The summed E-state index contributed by atoms with van der Waals surface area (Å²) in [6.45, 7) is 3.00. The number of anilines is 1. The largest absolute Gasteiger partial charge is 0.494 e. The van der Waals surface area contributed by atoms with Crippen molar-refractivity contribution in [1.82, 2.24) is 5.43 Å². The Labute approximate surface area is 115 Å². The van der Waals surface area contributed by atoms with Crippen LogP contribution in [0.25, 0.3) is 0 Å². The lowest BCUT2D eigenvalue weighted by Crippen LogP contribution is -2.18. The molecule has 19 heavy (non-hydrogen) atoms. The highest BCUT2D eigenvalue weighted by Gasteiger charge is 1.95. The maximum atomic E-state index is 10.1. The first-order valence-electron chi connectivity index (χ1n) is 7.05. The van der Waals surface area contributed by atoms with Gasteiger partial charge >= 0.3 is 0 Å². The standard InChI is InChI=1S/C15H24N2O2/c1-2-3-4-5-6-7-12-19-15-10-8-14(9-11-15)17-16-13-18/h8-11,13,17H,2-7,12H2,1H3,(H,16,18). The van der Waals surface area contributed by atoms with Gasteiger partial charge in [-0.15, -0.1) is 0 Å². The third-order valence-corrected chi connectivity index (χ3v) is 2.90. The molecule has 0 aliphatic heterocycles. The molecule has 4 heteroatoms. The summed E-state index contributed by atoms with van der Waals surface area (Å²) in [4.78, 5) is 10.1. The van der Waals surface area contributed by atoms with E-state index in [4.69, 9.17) is 4.74 Å². The van der Waals surface area contributed by atoms with Crippen LogP contribution in [0, 0.1) is 0 Å². The quantitative estimate of drug-likeness (QED) is 0.365. The van der Waals surface area contributed by atoms with Gasteiger partial charge in [0, 0.05) is 0 Å². The third-order valence-electron chi connectivity index (χ3n) is 2.90. The number of hydrogen-bond acceptors (Lipinski definition) is 3. The van der Waals surface area contributed by atoms with Crippen molar-refractivity contribution in [3.63, 3.8) is 0 Å². The Kier molecular flexibility index (Phi) is 8.27. The highest BCUT2D eigenvalue weighted by atomic mass is 16.5. The molecule has 0 fully saturated rings. The van der Waals surface area contributed by atoms with Crippen LogP contribution in [0.3, 0.4) is 0 Å². The number of nitrogens with one attached hydrogen (secondary N) is 2. The van der Waals surface area contributed by atoms with Crippen molar-refractivity contribution in [3.05, 3.63) is 24.3 Å². The van der Waals surface area contributed by atoms with E-state index >= 15 is 0 Å². The average molecular weight is 264 g/mol. The number of carbonyl (C=O) groups excluding carboxylic acids is 1. The average Bonchev–Trinajstić information content (AvgIpc) is 2.45. The Bertz CT molecular complexity index is 339. The first-order valence-corrected chi connectivity index (χ1v) is 7.05. The van der Waals surface area contributed by atoms with Crippen molar-refractivity contribution in [2.75, 3.05) is 12.0 Å². The van der Waals surface area contributed by atoms with E-state index in [1.807, 2.05) is 24.3 Å². The minimum Gasteiger partial charge on any atom is -0.494 e. The van der Waals surface area contributed by atoms with Gasteiger partial charge in [-0.25, -0.2) is 0 Å². The Morgan fingerprint density at radius 3 is 2.42 bits per heavy atom. The minimum absolute atomic E-state index is 0.600. The number of hydrazine groups is 1. The molecule has 0 saturated heterocycles. The molecule has 0 aliphatic carbocycles. The third kappa shape index (κ3) is 7.34. The van der Waals surface area contributed by atoms with Gasteiger partial charge in [0.15, 0.2) is 0 Å². The van der Waals surface area contributed by atoms with Gasteiger partial charge in [-0.3, -0.25) is 15.6 Å². The van der Waals surface area contributed by atoms with Crippen LogP contribution in [0.2, 0.25) is 0 Å². The fourth-order valence-electron chi connectivity index (χ4n) is 1.82. The molecule has 106 valence electrons. The van der Waals surface area contributed by atoms with Gasteiger partial charge in [0.05, 0.1) is 12.3 Å². The molecule has 0 spiro atoms. The van der Waals surface area contributed by atoms with Gasteiger partial charge < -0.3 is 4.74 Å². The van der Waals surface area contributed by atoms with E-state index < -0.39 is 0 Å². The Hall–Kier alpha value is -1.71. The Morgan fingerprint density at radius 1 is 1.05 bits per heavy atom. The summed E-state index contributed by atoms with van der Waals surface area (Å²) >= 11 is 0. The molecule has 0 aliphatic rings. The smallest absolute Gasteiger partial charge is 0.225 e. The van der Waals surface area contributed by atoms with E-state index in [0.29, 0.717) is 6.41 Å². The van der Waals surface area contributed by atoms with Gasteiger partial charge in [0.25, 0.3) is 0 Å². The molecule has 0 heterocycles. The monoisotopic (exact) mass is 264 g/mol. The predicted molar refractivity (Wildman–Crippen MR) is 78.1 cm³/mol. The highest BCUT2D eigenvalue weighted by molar-refractivity contribution is 5.53. The predicted octanol–water partition coefficient (Wildman–Crippen LogP) is 3.50. The second-order valence-electron chi connectivity index (χ2n) is 4.53. The van der Waals surface area contributed by atoms with Gasteiger partial charge in [-0.2, -0.15) is 0 Å². The summed E-state index contributed by atoms with van der Waals surface area (Å²) in [6, 6.07) is 7.53. The molecule has 1 aromatic carbocycles. The lowest BCUT2D eigenvalue weighted by Gasteiger charge is -2.08. The fraction of sp³-hybridized carbons (Fsp3) is 0.533. The van der Waals surface area contributed by atoms with Gasteiger partial charge in [0.1, 0.15) is 5.75 Å². The lowest BCUT2D eigenvalue weighted by molar-refractivity contribution is -0.109. The van der Waals surface area contributed by atoms with Gasteiger partial charge in [0.2, 0.25) is 6.41 Å². The van der Waals surface area contributed by atoms with Crippen LogP contribution in [-0.4, -0.2) is 13.0 Å². The van der Waals surface area contributed by atoms with Crippen molar-refractivity contribution < 1.29 is 9.53 Å². The molecule has 1 amide bonds. The molecule has 2 N–H and O–H groups in total. The van der Waals surface area contributed by atoms with Gasteiger partial charge in [-0.05, 0) is 30.7 Å². The van der Waals surface area contributed by atoms with Crippen molar-refractivity contribution >= 4 is 12.1 Å². The summed E-state index contributed by atoms with van der Waals surface area (Å²) in [6.07, 6.45) is 8.21. The highest BCUT2D eigenvalue weighted by Crippen LogP contribution is 2.15. The van der Waals surface area contributed by atoms with E-state index in [0.717, 1.165) is 24.5 Å². The van der Waals surface area contributed by atoms with Crippen molar-refractivity contribution in [3.8, 4) is 5.75 Å². The summed E-state index contributed by atoms with van der Waals surface area (Å²) in [5.74, 6) is 0.866. The fourth-order valence-corrected chi connectivity index (χ4v) is 1.82. The van der Waals surface area contributed by atoms with Gasteiger partial charge in [-0.1, -0.05) is 39.0 Å². The lowest BCUT2D eigenvalue weighted by atomic mass is 10.1. The van der Waals surface area contributed by atoms with Crippen LogP contribution in [0.5, 0.6) is 5.75 Å². The molecule has 0 saturated carbocycles. The number of unbranched alkanes of at least 4 members (excludes halogenated alkanes) is 5. The van der Waals surface area contributed by atoms with Crippen molar-refractivity contribution in [2.45, 2.75) is 45.4 Å². The van der Waals surface area contributed by atoms with E-state index in [9.17, 15) is 4.79 Å². The van der Waals surface area contributed by atoms with E-state index in [1.165, 1.54) is 32.1 Å². The molecule has 0 bridgehead atoms. The van der Waals surface area contributed by atoms with Crippen molar-refractivity contribution in [2.24, 2.45) is 0 Å². The van der Waals surface area contributed by atoms with Crippen LogP contribution >= 0.6 is 0 Å². The molecule has 1 rings (SSSR count). The molecule has 4 nitrogen and oxygen atoms in total. The summed E-state index contributed by atoms with van der Waals surface area (Å²) in [5, 5.41) is 0. The van der Waals surface area contributed by atoms with E-state index in [2.05, 4.69) is 17.8 Å². The number of hydrogen-bond donors (Lipinski definition) is 2. The molecular formula is C15H24N2O2. The van der Waals surface area contributed by atoms with Crippen LogP contribution in [-0.2, 0) is 4.79 Å². The second kappa shape index (κ2) is 10.2. The topological polar surface area (TPSA) is 50.4 Å². The second-order valence-corrected chi connectivity index (χ2v) is 4.53. The zero-order valence-electron chi connectivity index (χ0n) is 11.7.